The number of aromatic nitrogens is 2. The Kier molecular flexibility index (Phi) is 6.64. The molecule has 0 atom stereocenters. The van der Waals surface area contributed by atoms with E-state index in [0.29, 0.717) is 23.4 Å². The first-order chi connectivity index (χ1) is 12.7. The molecular formula is C20H22ClN3O3S. The van der Waals surface area contributed by atoms with Gasteiger partial charge in [-0.05, 0) is 30.7 Å². The van der Waals surface area contributed by atoms with E-state index in [-0.39, 0.29) is 18.2 Å². The van der Waals surface area contributed by atoms with Crippen molar-refractivity contribution in [3.05, 3.63) is 82.9 Å². The molecule has 0 fully saturated rings. The smallest absolute Gasteiger partial charge is 0.229 e. The topological polar surface area (TPSA) is 81.1 Å². The minimum atomic E-state index is -3.33. The molecule has 6 nitrogen and oxygen atoms in total. The van der Waals surface area contributed by atoms with Crippen LogP contribution < -0.4 is 4.72 Å². The summed E-state index contributed by atoms with van der Waals surface area (Å²) in [4.78, 5) is 17.1. The average Bonchev–Trinajstić information content (AvgIpc) is 2.89. The van der Waals surface area contributed by atoms with Crippen molar-refractivity contribution in [2.45, 2.75) is 13.3 Å². The molecule has 0 saturated carbocycles. The van der Waals surface area contributed by atoms with Gasteiger partial charge in [0.05, 0.1) is 23.8 Å². The summed E-state index contributed by atoms with van der Waals surface area (Å²) in [6, 6.07) is 14.6. The number of rotatable bonds is 6. The highest BCUT2D eigenvalue weighted by Crippen LogP contribution is 2.20. The molecule has 0 aliphatic rings. The summed E-state index contributed by atoms with van der Waals surface area (Å²) in [5.74, 6) is -0.0116. The zero-order valence-corrected chi connectivity index (χ0v) is 17.5. The lowest BCUT2D eigenvalue weighted by Gasteiger charge is -2.09. The van der Waals surface area contributed by atoms with Gasteiger partial charge in [0, 0.05) is 30.4 Å². The molecule has 3 rings (SSSR count). The lowest BCUT2D eigenvalue weighted by Crippen LogP contribution is -2.11. The zero-order chi connectivity index (χ0) is 19.6. The van der Waals surface area contributed by atoms with Crippen LogP contribution in [0, 0.1) is 6.92 Å². The maximum atomic E-state index is 12.8. The largest absolute Gasteiger partial charge is 0.344 e. The number of anilines is 1. The fourth-order valence-electron chi connectivity index (χ4n) is 3.04. The van der Waals surface area contributed by atoms with Crippen molar-refractivity contribution >= 4 is 33.9 Å². The quantitative estimate of drug-likeness (QED) is 0.621. The van der Waals surface area contributed by atoms with Crippen molar-refractivity contribution < 1.29 is 13.2 Å². The fraction of sp³-hybridized carbons (Fsp3) is 0.200. The number of nitrogens with one attached hydrogen (secondary N) is 1. The molecule has 28 heavy (non-hydrogen) atoms. The van der Waals surface area contributed by atoms with Gasteiger partial charge < -0.3 is 4.57 Å². The van der Waals surface area contributed by atoms with Gasteiger partial charge >= 0.3 is 0 Å². The average molecular weight is 420 g/mol. The molecule has 2 aromatic heterocycles. The van der Waals surface area contributed by atoms with Crippen molar-refractivity contribution in [2.24, 2.45) is 7.05 Å². The maximum absolute atomic E-state index is 12.8. The Morgan fingerprint density at radius 2 is 1.82 bits per heavy atom. The van der Waals surface area contributed by atoms with E-state index in [0.717, 1.165) is 23.2 Å². The SMILES string of the molecule is Cc1cc(Cc2ccc(NS(C)(=O)=O)cn2)n(C)c1C(=O)c1ccccc1.Cl. The van der Waals surface area contributed by atoms with Crippen LogP contribution in [-0.2, 0) is 23.5 Å². The van der Waals surface area contributed by atoms with Crippen molar-refractivity contribution in [1.29, 1.82) is 0 Å². The Hall–Kier alpha value is -2.64. The molecule has 1 N–H and O–H groups in total. The Bertz CT molecular complexity index is 1080. The van der Waals surface area contributed by atoms with E-state index in [4.69, 9.17) is 0 Å². The molecule has 8 heteroatoms. The molecule has 0 amide bonds. The molecule has 0 radical (unpaired) electrons. The third kappa shape index (κ3) is 4.99. The van der Waals surface area contributed by atoms with E-state index in [1.807, 2.05) is 54.9 Å². The van der Waals surface area contributed by atoms with E-state index in [2.05, 4.69) is 9.71 Å². The lowest BCUT2D eigenvalue weighted by molar-refractivity contribution is 0.103. The second-order valence-electron chi connectivity index (χ2n) is 6.51. The summed E-state index contributed by atoms with van der Waals surface area (Å²) in [6.45, 7) is 1.92. The van der Waals surface area contributed by atoms with Gasteiger partial charge in [-0.15, -0.1) is 12.4 Å². The second kappa shape index (κ2) is 8.58. The Morgan fingerprint density at radius 3 is 2.39 bits per heavy atom. The first-order valence-corrected chi connectivity index (χ1v) is 10.3. The maximum Gasteiger partial charge on any atom is 0.229 e. The molecule has 0 aliphatic heterocycles. The van der Waals surface area contributed by atoms with Gasteiger partial charge in [-0.25, -0.2) is 8.42 Å². The second-order valence-corrected chi connectivity index (χ2v) is 8.26. The minimum absolute atomic E-state index is 0. The number of hydrogen-bond donors (Lipinski definition) is 1. The lowest BCUT2D eigenvalue weighted by atomic mass is 10.1. The Balaban J connectivity index is 0.00000280. The number of halogens is 1. The first-order valence-electron chi connectivity index (χ1n) is 8.42. The summed E-state index contributed by atoms with van der Waals surface area (Å²) in [7, 11) is -1.45. The molecule has 148 valence electrons. The van der Waals surface area contributed by atoms with Gasteiger partial charge in [-0.2, -0.15) is 0 Å². The Labute approximate surface area is 171 Å². The van der Waals surface area contributed by atoms with Crippen molar-refractivity contribution in [3.8, 4) is 0 Å². The van der Waals surface area contributed by atoms with Gasteiger partial charge in [-0.1, -0.05) is 30.3 Å². The van der Waals surface area contributed by atoms with Crippen molar-refractivity contribution in [2.75, 3.05) is 11.0 Å². The predicted molar refractivity (Wildman–Crippen MR) is 113 cm³/mol. The number of ketones is 1. The van der Waals surface area contributed by atoms with Gasteiger partial charge in [0.2, 0.25) is 15.8 Å². The normalized spacial score (nSPS) is 11.0. The number of carbonyl (C=O) groups is 1. The van der Waals surface area contributed by atoms with E-state index in [9.17, 15) is 13.2 Å². The monoisotopic (exact) mass is 419 g/mol. The van der Waals surface area contributed by atoms with E-state index < -0.39 is 10.0 Å². The summed E-state index contributed by atoms with van der Waals surface area (Å²) in [5, 5.41) is 0. The number of pyridine rings is 1. The van der Waals surface area contributed by atoms with Crippen LogP contribution in [-0.4, -0.2) is 30.0 Å². The third-order valence-corrected chi connectivity index (χ3v) is 4.87. The highest BCUT2D eigenvalue weighted by molar-refractivity contribution is 7.92. The fourth-order valence-corrected chi connectivity index (χ4v) is 3.59. The van der Waals surface area contributed by atoms with Gasteiger partial charge in [0.1, 0.15) is 0 Å². The van der Waals surface area contributed by atoms with Crippen LogP contribution in [0.5, 0.6) is 0 Å². The molecule has 1 aromatic carbocycles. The standard InChI is InChI=1S/C20H21N3O3S.ClH/c1-14-11-18(12-16-9-10-17(13-21-16)22-27(3,25)26)23(2)19(14)20(24)15-7-5-4-6-8-15;/h4-11,13,22H,12H2,1-3H3;1H. The van der Waals surface area contributed by atoms with Crippen LogP contribution in [0.2, 0.25) is 0 Å². The molecule has 0 bridgehead atoms. The van der Waals surface area contributed by atoms with Gasteiger partial charge in [0.15, 0.2) is 0 Å². The van der Waals surface area contributed by atoms with Gasteiger partial charge in [-0.3, -0.25) is 14.5 Å². The third-order valence-electron chi connectivity index (χ3n) is 4.26. The summed E-state index contributed by atoms with van der Waals surface area (Å²) >= 11 is 0. The minimum Gasteiger partial charge on any atom is -0.344 e. The number of aryl methyl sites for hydroxylation is 1. The Morgan fingerprint density at radius 1 is 1.14 bits per heavy atom. The molecule has 0 unspecified atom stereocenters. The molecule has 0 saturated heterocycles. The van der Waals surface area contributed by atoms with Crippen molar-refractivity contribution in [3.63, 3.8) is 0 Å². The van der Waals surface area contributed by atoms with Crippen LogP contribution in [0.1, 0.15) is 33.0 Å². The van der Waals surface area contributed by atoms with Crippen LogP contribution in [0.15, 0.2) is 54.7 Å². The number of carbonyl (C=O) groups excluding carboxylic acids is 1. The highest BCUT2D eigenvalue weighted by Gasteiger charge is 2.18. The summed E-state index contributed by atoms with van der Waals surface area (Å²) < 4.78 is 26.8. The van der Waals surface area contributed by atoms with Crippen LogP contribution in [0.25, 0.3) is 0 Å². The molecular weight excluding hydrogens is 398 g/mol. The number of sulfonamides is 1. The van der Waals surface area contributed by atoms with E-state index in [1.54, 1.807) is 12.1 Å². The first kappa shape index (κ1) is 21.7. The van der Waals surface area contributed by atoms with E-state index >= 15 is 0 Å². The van der Waals surface area contributed by atoms with E-state index in [1.165, 1.54) is 6.20 Å². The van der Waals surface area contributed by atoms with Crippen LogP contribution in [0.4, 0.5) is 5.69 Å². The molecule has 2 heterocycles. The molecule has 0 spiro atoms. The zero-order valence-electron chi connectivity index (χ0n) is 15.8. The summed E-state index contributed by atoms with van der Waals surface area (Å²) in [5.41, 5.74) is 4.40. The summed E-state index contributed by atoms with van der Waals surface area (Å²) in [6.07, 6.45) is 3.12. The molecule has 3 aromatic rings. The predicted octanol–water partition coefficient (Wildman–Crippen LogP) is 3.34. The number of benzene rings is 1. The van der Waals surface area contributed by atoms with Crippen molar-refractivity contribution in [1.82, 2.24) is 9.55 Å². The number of hydrogen-bond acceptors (Lipinski definition) is 4. The van der Waals surface area contributed by atoms with Gasteiger partial charge in [0.25, 0.3) is 0 Å². The van der Waals surface area contributed by atoms with Crippen LogP contribution >= 0.6 is 12.4 Å². The molecule has 0 aliphatic carbocycles. The van der Waals surface area contributed by atoms with Crippen LogP contribution in [0.3, 0.4) is 0 Å². The number of nitrogens with zero attached hydrogens (tertiary/aromatic N) is 2. The highest BCUT2D eigenvalue weighted by atomic mass is 35.5.